The average molecular weight is 253 g/mol. The van der Waals surface area contributed by atoms with Crippen LogP contribution in [0.5, 0.6) is 0 Å². The fourth-order valence-corrected chi connectivity index (χ4v) is 2.69. The molecule has 0 N–H and O–H groups in total. The van der Waals surface area contributed by atoms with E-state index in [1.54, 1.807) is 18.9 Å². The van der Waals surface area contributed by atoms with Crippen LogP contribution in [0.25, 0.3) is 0 Å². The molecule has 100 valence electrons. The molecule has 2 rings (SSSR count). The molecule has 18 heavy (non-hydrogen) atoms. The van der Waals surface area contributed by atoms with Crippen molar-refractivity contribution in [2.24, 2.45) is 5.92 Å². The first-order valence-electron chi connectivity index (χ1n) is 6.30. The van der Waals surface area contributed by atoms with Crippen molar-refractivity contribution in [1.29, 1.82) is 0 Å². The Hall–Kier alpha value is -1.36. The number of ether oxygens (including phenoxy) is 2. The Balaban J connectivity index is 2.06. The highest BCUT2D eigenvalue weighted by Gasteiger charge is 2.47. The van der Waals surface area contributed by atoms with Crippen LogP contribution in [-0.2, 0) is 19.1 Å². The fourth-order valence-electron chi connectivity index (χ4n) is 2.69. The van der Waals surface area contributed by atoms with Crippen molar-refractivity contribution in [3.05, 3.63) is 11.6 Å². The van der Waals surface area contributed by atoms with Crippen molar-refractivity contribution in [2.75, 3.05) is 26.9 Å². The van der Waals surface area contributed by atoms with Gasteiger partial charge in [0.1, 0.15) is 0 Å². The standard InChI is InChI=1S/C13H19NO4/c1-3-18-13(16)10-7-12(15)14-8-9(4-5-17-2)6-11(10)14/h4,10-11H,3,5-8H2,1-2H3/t10-,11?/m0/s1. The number of carbonyl (C=O) groups excluding carboxylic acids is 2. The Morgan fingerprint density at radius 3 is 2.94 bits per heavy atom. The van der Waals surface area contributed by atoms with Crippen molar-refractivity contribution < 1.29 is 19.1 Å². The van der Waals surface area contributed by atoms with E-state index in [0.29, 0.717) is 26.2 Å². The van der Waals surface area contributed by atoms with Crippen LogP contribution in [0.4, 0.5) is 0 Å². The predicted octanol–water partition coefficient (Wildman–Crippen LogP) is 0.743. The molecule has 0 aromatic rings. The van der Waals surface area contributed by atoms with Gasteiger partial charge in [-0.3, -0.25) is 9.59 Å². The summed E-state index contributed by atoms with van der Waals surface area (Å²) < 4.78 is 10.0. The molecule has 5 heteroatoms. The number of hydrogen-bond acceptors (Lipinski definition) is 4. The number of hydrogen-bond donors (Lipinski definition) is 0. The predicted molar refractivity (Wildman–Crippen MR) is 64.8 cm³/mol. The molecule has 1 amide bonds. The van der Waals surface area contributed by atoms with Gasteiger partial charge < -0.3 is 14.4 Å². The zero-order valence-electron chi connectivity index (χ0n) is 10.8. The zero-order chi connectivity index (χ0) is 13.1. The summed E-state index contributed by atoms with van der Waals surface area (Å²) >= 11 is 0. The van der Waals surface area contributed by atoms with Gasteiger partial charge in [0.2, 0.25) is 5.91 Å². The Morgan fingerprint density at radius 1 is 1.50 bits per heavy atom. The summed E-state index contributed by atoms with van der Waals surface area (Å²) in [6.45, 7) is 3.32. The van der Waals surface area contributed by atoms with Gasteiger partial charge in [0.25, 0.3) is 0 Å². The molecule has 2 aliphatic heterocycles. The number of rotatable bonds is 4. The summed E-state index contributed by atoms with van der Waals surface area (Å²) in [4.78, 5) is 25.5. The van der Waals surface area contributed by atoms with E-state index in [4.69, 9.17) is 9.47 Å². The van der Waals surface area contributed by atoms with E-state index < -0.39 is 0 Å². The molecule has 0 aliphatic carbocycles. The normalized spacial score (nSPS) is 28.9. The summed E-state index contributed by atoms with van der Waals surface area (Å²) in [5, 5.41) is 0. The van der Waals surface area contributed by atoms with Crippen molar-refractivity contribution in [2.45, 2.75) is 25.8 Å². The van der Waals surface area contributed by atoms with Crippen LogP contribution < -0.4 is 0 Å². The van der Waals surface area contributed by atoms with Crippen molar-refractivity contribution in [3.63, 3.8) is 0 Å². The van der Waals surface area contributed by atoms with Gasteiger partial charge in [0, 0.05) is 26.1 Å². The average Bonchev–Trinajstić information content (AvgIpc) is 2.88. The molecule has 0 aromatic heterocycles. The molecular weight excluding hydrogens is 234 g/mol. The summed E-state index contributed by atoms with van der Waals surface area (Å²) in [6.07, 6.45) is 3.05. The minimum absolute atomic E-state index is 0.0142. The van der Waals surface area contributed by atoms with Gasteiger partial charge in [-0.1, -0.05) is 11.6 Å². The van der Waals surface area contributed by atoms with Gasteiger partial charge in [-0.15, -0.1) is 0 Å². The van der Waals surface area contributed by atoms with Crippen LogP contribution in [0, 0.1) is 5.92 Å². The van der Waals surface area contributed by atoms with E-state index in [-0.39, 0.29) is 23.8 Å². The largest absolute Gasteiger partial charge is 0.466 e. The molecule has 0 bridgehead atoms. The third kappa shape index (κ3) is 2.41. The fraction of sp³-hybridized carbons (Fsp3) is 0.692. The van der Waals surface area contributed by atoms with E-state index in [1.165, 1.54) is 5.57 Å². The topological polar surface area (TPSA) is 55.8 Å². The van der Waals surface area contributed by atoms with Crippen LogP contribution in [0.15, 0.2) is 11.6 Å². The quantitative estimate of drug-likeness (QED) is 0.548. The smallest absolute Gasteiger partial charge is 0.311 e. The van der Waals surface area contributed by atoms with Crippen LogP contribution >= 0.6 is 0 Å². The van der Waals surface area contributed by atoms with Crippen molar-refractivity contribution in [1.82, 2.24) is 4.90 Å². The molecule has 0 aromatic carbocycles. The van der Waals surface area contributed by atoms with Crippen LogP contribution in [-0.4, -0.2) is 49.7 Å². The number of amides is 1. The molecule has 2 fully saturated rings. The van der Waals surface area contributed by atoms with E-state index in [2.05, 4.69) is 0 Å². The lowest BCUT2D eigenvalue weighted by molar-refractivity contribution is -0.148. The van der Waals surface area contributed by atoms with Crippen LogP contribution in [0.2, 0.25) is 0 Å². The minimum atomic E-state index is -0.300. The van der Waals surface area contributed by atoms with E-state index in [9.17, 15) is 9.59 Å². The number of methoxy groups -OCH3 is 1. The van der Waals surface area contributed by atoms with Crippen LogP contribution in [0.1, 0.15) is 19.8 Å². The Kier molecular flexibility index (Phi) is 4.01. The van der Waals surface area contributed by atoms with E-state index in [1.807, 2.05) is 6.08 Å². The summed E-state index contributed by atoms with van der Waals surface area (Å²) in [5.41, 5.74) is 1.17. The highest BCUT2D eigenvalue weighted by Crippen LogP contribution is 2.36. The van der Waals surface area contributed by atoms with Crippen molar-refractivity contribution >= 4 is 11.9 Å². The van der Waals surface area contributed by atoms with Crippen LogP contribution in [0.3, 0.4) is 0 Å². The number of esters is 1. The summed E-state index contributed by atoms with van der Waals surface area (Å²) in [6, 6.07) is -0.0142. The van der Waals surface area contributed by atoms with Gasteiger partial charge in [-0.2, -0.15) is 0 Å². The molecule has 2 aliphatic rings. The summed E-state index contributed by atoms with van der Waals surface area (Å²) in [5.74, 6) is -0.490. The third-order valence-corrected chi connectivity index (χ3v) is 3.55. The number of nitrogens with zero attached hydrogens (tertiary/aromatic N) is 1. The maximum atomic E-state index is 11.9. The second-order valence-electron chi connectivity index (χ2n) is 4.67. The molecule has 2 saturated heterocycles. The molecule has 1 unspecified atom stereocenters. The lowest BCUT2D eigenvalue weighted by Gasteiger charge is -2.17. The van der Waals surface area contributed by atoms with Gasteiger partial charge in [-0.05, 0) is 13.3 Å². The lowest BCUT2D eigenvalue weighted by Crippen LogP contribution is -2.32. The van der Waals surface area contributed by atoms with Gasteiger partial charge in [-0.25, -0.2) is 0 Å². The Labute approximate surface area is 107 Å². The highest BCUT2D eigenvalue weighted by molar-refractivity contribution is 5.88. The van der Waals surface area contributed by atoms with E-state index in [0.717, 1.165) is 6.42 Å². The van der Waals surface area contributed by atoms with E-state index >= 15 is 0 Å². The number of fused-ring (bicyclic) bond motifs is 1. The second-order valence-corrected chi connectivity index (χ2v) is 4.67. The summed E-state index contributed by atoms with van der Waals surface area (Å²) in [7, 11) is 1.64. The van der Waals surface area contributed by atoms with Gasteiger partial charge >= 0.3 is 5.97 Å². The molecule has 2 heterocycles. The first kappa shape index (κ1) is 13.1. The number of carbonyl (C=O) groups is 2. The van der Waals surface area contributed by atoms with Gasteiger partial charge in [0.05, 0.1) is 19.1 Å². The van der Waals surface area contributed by atoms with Gasteiger partial charge in [0.15, 0.2) is 0 Å². The zero-order valence-corrected chi connectivity index (χ0v) is 10.8. The molecule has 5 nitrogen and oxygen atoms in total. The molecule has 0 saturated carbocycles. The molecular formula is C13H19NO4. The SMILES string of the molecule is CCOC(=O)[C@H]1CC(=O)N2CC(=CCOC)CC12. The maximum Gasteiger partial charge on any atom is 0.311 e. The minimum Gasteiger partial charge on any atom is -0.466 e. The molecule has 2 atom stereocenters. The maximum absolute atomic E-state index is 11.9. The Morgan fingerprint density at radius 2 is 2.28 bits per heavy atom. The van der Waals surface area contributed by atoms with Crippen molar-refractivity contribution in [3.8, 4) is 0 Å². The first-order valence-corrected chi connectivity index (χ1v) is 6.30. The first-order chi connectivity index (χ1) is 8.67. The Bertz CT molecular complexity index is 377. The monoisotopic (exact) mass is 253 g/mol. The molecule has 0 spiro atoms. The lowest BCUT2D eigenvalue weighted by atomic mass is 9.97. The molecule has 0 radical (unpaired) electrons. The third-order valence-electron chi connectivity index (χ3n) is 3.55. The highest BCUT2D eigenvalue weighted by atomic mass is 16.5. The second kappa shape index (κ2) is 5.52.